The first-order valence-corrected chi connectivity index (χ1v) is 3.14. The van der Waals surface area contributed by atoms with Crippen molar-refractivity contribution in [1.29, 1.82) is 0 Å². The van der Waals surface area contributed by atoms with Gasteiger partial charge in [0.05, 0.1) is 6.61 Å². The second-order valence-corrected chi connectivity index (χ2v) is 2.57. The number of allylic oxidation sites excluding steroid dienone is 1. The minimum absolute atomic E-state index is 0.271. The number of ether oxygens (including phenoxy) is 1. The van der Waals surface area contributed by atoms with Crippen LogP contribution in [0.25, 0.3) is 0 Å². The van der Waals surface area contributed by atoms with E-state index < -0.39 is 6.10 Å². The zero-order valence-corrected chi connectivity index (χ0v) is 5.79. The third-order valence-corrected chi connectivity index (χ3v) is 1.60. The van der Waals surface area contributed by atoms with Gasteiger partial charge in [0.2, 0.25) is 0 Å². The normalized spacial score (nSPS) is 37.2. The Morgan fingerprint density at radius 1 is 1.78 bits per heavy atom. The Balaban J connectivity index is 2.42. The van der Waals surface area contributed by atoms with Crippen molar-refractivity contribution in [3.05, 3.63) is 12.2 Å². The first-order valence-electron chi connectivity index (χ1n) is 3.14. The van der Waals surface area contributed by atoms with Crippen LogP contribution in [0.4, 0.5) is 0 Å². The molecule has 2 unspecified atom stereocenters. The number of aliphatic hydroxyl groups excluding tert-OH is 1. The summed E-state index contributed by atoms with van der Waals surface area (Å²) in [6.45, 7) is 4.46. The van der Waals surface area contributed by atoms with Crippen molar-refractivity contribution >= 4 is 0 Å². The van der Waals surface area contributed by atoms with Crippen molar-refractivity contribution in [3.8, 4) is 0 Å². The highest BCUT2D eigenvalue weighted by Gasteiger charge is 2.45. The molecule has 0 spiro atoms. The summed E-state index contributed by atoms with van der Waals surface area (Å²) >= 11 is 0. The highest BCUT2D eigenvalue weighted by molar-refractivity contribution is 5.04. The summed E-state index contributed by atoms with van der Waals surface area (Å²) < 4.78 is 5.01. The van der Waals surface area contributed by atoms with Crippen LogP contribution < -0.4 is 0 Å². The van der Waals surface area contributed by atoms with Crippen molar-refractivity contribution < 1.29 is 9.84 Å². The van der Waals surface area contributed by atoms with Crippen molar-refractivity contribution in [2.45, 2.75) is 25.6 Å². The Bertz CT molecular complexity index is 125. The van der Waals surface area contributed by atoms with Gasteiger partial charge in [-0.15, -0.1) is 0 Å². The topological polar surface area (TPSA) is 32.8 Å². The van der Waals surface area contributed by atoms with Crippen LogP contribution in [0.3, 0.4) is 0 Å². The molecule has 0 bridgehead atoms. The Morgan fingerprint density at radius 3 is 2.67 bits per heavy atom. The molecule has 1 aliphatic rings. The molecular formula is C7H12O2. The molecule has 2 atom stereocenters. The Hall–Kier alpha value is -0.340. The van der Waals surface area contributed by atoms with Crippen molar-refractivity contribution in [2.75, 3.05) is 6.61 Å². The Morgan fingerprint density at radius 2 is 2.33 bits per heavy atom. The maximum atomic E-state index is 9.24. The first kappa shape index (κ1) is 6.78. The highest BCUT2D eigenvalue weighted by atomic mass is 16.6. The third-order valence-electron chi connectivity index (χ3n) is 1.60. The lowest BCUT2D eigenvalue weighted by atomic mass is 10.1. The molecular weight excluding hydrogens is 116 g/mol. The fourth-order valence-corrected chi connectivity index (χ4v) is 0.670. The van der Waals surface area contributed by atoms with Crippen LogP contribution in [0.2, 0.25) is 0 Å². The molecule has 52 valence electrons. The molecule has 0 saturated carbocycles. The van der Waals surface area contributed by atoms with Gasteiger partial charge < -0.3 is 9.84 Å². The van der Waals surface area contributed by atoms with Gasteiger partial charge in [0.1, 0.15) is 11.7 Å². The summed E-state index contributed by atoms with van der Waals surface area (Å²) in [5, 5.41) is 9.24. The molecule has 9 heavy (non-hydrogen) atoms. The lowest BCUT2D eigenvalue weighted by molar-refractivity contribution is 0.123. The third kappa shape index (κ3) is 1.32. The van der Waals surface area contributed by atoms with Gasteiger partial charge in [0.15, 0.2) is 0 Å². The van der Waals surface area contributed by atoms with Crippen LogP contribution in [0.5, 0.6) is 0 Å². The molecule has 1 heterocycles. The van der Waals surface area contributed by atoms with Crippen molar-refractivity contribution in [2.24, 2.45) is 0 Å². The minimum Gasteiger partial charge on any atom is -0.386 e. The summed E-state index contributed by atoms with van der Waals surface area (Å²) in [6.07, 6.45) is 3.15. The molecule has 2 heteroatoms. The van der Waals surface area contributed by atoms with Crippen LogP contribution in [0.1, 0.15) is 13.8 Å². The second-order valence-electron chi connectivity index (χ2n) is 2.57. The number of hydrogen-bond acceptors (Lipinski definition) is 2. The van der Waals surface area contributed by atoms with E-state index in [1.807, 2.05) is 19.9 Å². The zero-order chi connectivity index (χ0) is 6.91. The van der Waals surface area contributed by atoms with Gasteiger partial charge in [-0.05, 0) is 13.8 Å². The first-order chi connectivity index (χ1) is 4.19. The van der Waals surface area contributed by atoms with E-state index in [1.54, 1.807) is 6.08 Å². The molecule has 1 rings (SSSR count). The van der Waals surface area contributed by atoms with E-state index in [0.717, 1.165) is 0 Å². The van der Waals surface area contributed by atoms with E-state index in [9.17, 15) is 5.11 Å². The fraction of sp³-hybridized carbons (Fsp3) is 0.714. The maximum absolute atomic E-state index is 9.24. The molecule has 0 aromatic heterocycles. The lowest BCUT2D eigenvalue weighted by Crippen LogP contribution is -2.23. The van der Waals surface area contributed by atoms with E-state index in [1.165, 1.54) is 0 Å². The summed E-state index contributed by atoms with van der Waals surface area (Å²) in [7, 11) is 0. The summed E-state index contributed by atoms with van der Waals surface area (Å²) in [5.74, 6) is 0. The molecule has 1 fully saturated rings. The average molecular weight is 128 g/mol. The predicted octanol–water partition coefficient (Wildman–Crippen LogP) is 0.712. The van der Waals surface area contributed by atoms with E-state index >= 15 is 0 Å². The molecule has 0 aromatic rings. The second kappa shape index (κ2) is 2.12. The van der Waals surface area contributed by atoms with Crippen LogP contribution in [0.15, 0.2) is 12.2 Å². The number of hydrogen-bond donors (Lipinski definition) is 1. The summed E-state index contributed by atoms with van der Waals surface area (Å²) in [4.78, 5) is 0. The van der Waals surface area contributed by atoms with Crippen molar-refractivity contribution in [1.82, 2.24) is 0 Å². The van der Waals surface area contributed by atoms with Gasteiger partial charge in [-0.2, -0.15) is 0 Å². The standard InChI is InChI=1S/C7H12O2/c1-3-4-6(8)7(2)5-9-7/h3-4,6,8H,5H2,1-2H3. The van der Waals surface area contributed by atoms with Gasteiger partial charge >= 0.3 is 0 Å². The number of aliphatic hydroxyl groups is 1. The molecule has 0 aliphatic carbocycles. The van der Waals surface area contributed by atoms with Crippen LogP contribution >= 0.6 is 0 Å². The van der Waals surface area contributed by atoms with Crippen LogP contribution in [0, 0.1) is 0 Å². The highest BCUT2D eigenvalue weighted by Crippen LogP contribution is 2.30. The Kier molecular flexibility index (Phi) is 1.60. The zero-order valence-electron chi connectivity index (χ0n) is 5.79. The summed E-state index contributed by atoms with van der Waals surface area (Å²) in [5.41, 5.74) is -0.271. The van der Waals surface area contributed by atoms with E-state index in [4.69, 9.17) is 4.74 Å². The maximum Gasteiger partial charge on any atom is 0.118 e. The van der Waals surface area contributed by atoms with E-state index in [2.05, 4.69) is 0 Å². The molecule has 1 N–H and O–H groups in total. The SMILES string of the molecule is CC=CC(O)C1(C)CO1. The number of epoxide rings is 1. The molecule has 1 saturated heterocycles. The van der Waals surface area contributed by atoms with Crippen LogP contribution in [-0.4, -0.2) is 23.4 Å². The van der Waals surface area contributed by atoms with Crippen LogP contribution in [-0.2, 0) is 4.74 Å². The average Bonchev–Trinajstić information content (AvgIpc) is 2.50. The largest absolute Gasteiger partial charge is 0.386 e. The van der Waals surface area contributed by atoms with Gasteiger partial charge in [0.25, 0.3) is 0 Å². The summed E-state index contributed by atoms with van der Waals surface area (Å²) in [6, 6.07) is 0. The minimum atomic E-state index is -0.428. The molecule has 0 amide bonds. The quantitative estimate of drug-likeness (QED) is 0.439. The van der Waals surface area contributed by atoms with Crippen molar-refractivity contribution in [3.63, 3.8) is 0 Å². The molecule has 0 radical (unpaired) electrons. The van der Waals surface area contributed by atoms with E-state index in [0.29, 0.717) is 6.61 Å². The van der Waals surface area contributed by atoms with Gasteiger partial charge in [0, 0.05) is 0 Å². The molecule has 1 aliphatic heterocycles. The van der Waals surface area contributed by atoms with Gasteiger partial charge in [-0.3, -0.25) is 0 Å². The fourth-order valence-electron chi connectivity index (χ4n) is 0.670. The lowest BCUT2D eigenvalue weighted by Gasteiger charge is -2.07. The molecule has 0 aromatic carbocycles. The Labute approximate surface area is 55.1 Å². The molecule has 2 nitrogen and oxygen atoms in total. The smallest absolute Gasteiger partial charge is 0.118 e. The monoisotopic (exact) mass is 128 g/mol. The van der Waals surface area contributed by atoms with Gasteiger partial charge in [-0.1, -0.05) is 12.2 Å². The van der Waals surface area contributed by atoms with E-state index in [-0.39, 0.29) is 5.60 Å². The van der Waals surface area contributed by atoms with Gasteiger partial charge in [-0.25, -0.2) is 0 Å². The number of rotatable bonds is 2. The predicted molar refractivity (Wildman–Crippen MR) is 35.2 cm³/mol.